The fourth-order valence-corrected chi connectivity index (χ4v) is 4.69. The van der Waals surface area contributed by atoms with Crippen LogP contribution in [0.4, 0.5) is 4.39 Å². The van der Waals surface area contributed by atoms with Crippen molar-refractivity contribution in [1.29, 1.82) is 0 Å². The van der Waals surface area contributed by atoms with Gasteiger partial charge in [-0.1, -0.05) is 18.2 Å². The lowest BCUT2D eigenvalue weighted by Crippen LogP contribution is -2.39. The Morgan fingerprint density at radius 1 is 1.16 bits per heavy atom. The molecule has 1 N–H and O–H groups in total. The monoisotopic (exact) mass is 346 g/mol. The molecule has 2 aliphatic heterocycles. The van der Waals surface area contributed by atoms with Crippen molar-refractivity contribution in [3.8, 4) is 0 Å². The van der Waals surface area contributed by atoms with Gasteiger partial charge in [-0.3, -0.25) is 4.79 Å². The Labute approximate surface area is 148 Å². The molecule has 0 spiro atoms. The molecule has 4 rings (SSSR count). The molecule has 1 aromatic rings. The Hall–Kier alpha value is -1.46. The van der Waals surface area contributed by atoms with E-state index >= 15 is 0 Å². The highest BCUT2D eigenvalue weighted by Gasteiger charge is 2.55. The van der Waals surface area contributed by atoms with Gasteiger partial charge in [0.05, 0.1) is 5.41 Å². The van der Waals surface area contributed by atoms with Crippen LogP contribution in [0, 0.1) is 17.7 Å². The topological polar surface area (TPSA) is 43.8 Å². The van der Waals surface area contributed by atoms with E-state index in [-0.39, 0.29) is 24.2 Å². The van der Waals surface area contributed by atoms with E-state index in [0.717, 1.165) is 32.5 Å². The molecule has 136 valence electrons. The maximum absolute atomic E-state index is 14.2. The molecular weight excluding hydrogens is 319 g/mol. The van der Waals surface area contributed by atoms with Crippen LogP contribution in [0.3, 0.4) is 0 Å². The van der Waals surface area contributed by atoms with Crippen molar-refractivity contribution >= 4 is 5.91 Å². The molecule has 3 fully saturated rings. The van der Waals surface area contributed by atoms with Crippen molar-refractivity contribution in [2.45, 2.75) is 31.1 Å². The zero-order chi connectivity index (χ0) is 17.4. The van der Waals surface area contributed by atoms with Crippen LogP contribution in [-0.2, 0) is 10.2 Å². The van der Waals surface area contributed by atoms with Gasteiger partial charge >= 0.3 is 0 Å². The van der Waals surface area contributed by atoms with Gasteiger partial charge in [0.25, 0.3) is 0 Å². The SMILES string of the molecule is O=C(N1C[C@@H](CO)[C@@H](CN2CCCC2)C1)C1(c2ccccc2F)CC1. The predicted octanol–water partition coefficient (Wildman–Crippen LogP) is 2.02. The zero-order valence-electron chi connectivity index (χ0n) is 14.7. The number of hydrogen-bond acceptors (Lipinski definition) is 3. The second-order valence-electron chi connectivity index (χ2n) is 7.98. The molecule has 25 heavy (non-hydrogen) atoms. The maximum Gasteiger partial charge on any atom is 0.233 e. The molecule has 2 saturated heterocycles. The first-order chi connectivity index (χ1) is 12.1. The quantitative estimate of drug-likeness (QED) is 0.887. The molecule has 3 aliphatic rings. The van der Waals surface area contributed by atoms with E-state index in [0.29, 0.717) is 24.6 Å². The van der Waals surface area contributed by atoms with Gasteiger partial charge in [0, 0.05) is 37.7 Å². The Morgan fingerprint density at radius 2 is 1.84 bits per heavy atom. The number of benzene rings is 1. The number of aliphatic hydroxyl groups is 1. The van der Waals surface area contributed by atoms with Crippen molar-refractivity contribution in [3.63, 3.8) is 0 Å². The highest BCUT2D eigenvalue weighted by molar-refractivity contribution is 5.91. The van der Waals surface area contributed by atoms with E-state index in [9.17, 15) is 14.3 Å². The number of likely N-dealkylation sites (tertiary alicyclic amines) is 2. The lowest BCUT2D eigenvalue weighted by Gasteiger charge is -2.25. The summed E-state index contributed by atoms with van der Waals surface area (Å²) in [6.07, 6.45) is 3.94. The molecule has 0 bridgehead atoms. The van der Waals surface area contributed by atoms with Crippen LogP contribution < -0.4 is 0 Å². The molecule has 0 radical (unpaired) electrons. The number of aliphatic hydroxyl groups excluding tert-OH is 1. The number of hydrogen-bond donors (Lipinski definition) is 1. The van der Waals surface area contributed by atoms with Gasteiger partial charge in [0.15, 0.2) is 0 Å². The van der Waals surface area contributed by atoms with E-state index in [1.165, 1.54) is 18.9 Å². The molecular formula is C20H27FN2O2. The van der Waals surface area contributed by atoms with Crippen LogP contribution in [0.1, 0.15) is 31.2 Å². The summed E-state index contributed by atoms with van der Waals surface area (Å²) in [5.74, 6) is 0.240. The van der Waals surface area contributed by atoms with E-state index in [2.05, 4.69) is 4.90 Å². The van der Waals surface area contributed by atoms with Gasteiger partial charge in [-0.15, -0.1) is 0 Å². The van der Waals surface area contributed by atoms with Crippen LogP contribution in [0.25, 0.3) is 0 Å². The fraction of sp³-hybridized carbons (Fsp3) is 0.650. The normalized spacial score (nSPS) is 28.5. The first-order valence-corrected chi connectivity index (χ1v) is 9.51. The highest BCUT2D eigenvalue weighted by atomic mass is 19.1. The summed E-state index contributed by atoms with van der Waals surface area (Å²) in [7, 11) is 0. The summed E-state index contributed by atoms with van der Waals surface area (Å²) in [4.78, 5) is 17.5. The van der Waals surface area contributed by atoms with E-state index < -0.39 is 5.41 Å². The van der Waals surface area contributed by atoms with Crippen LogP contribution >= 0.6 is 0 Å². The molecule has 0 aromatic heterocycles. The summed E-state index contributed by atoms with van der Waals surface area (Å²) < 4.78 is 14.2. The fourth-order valence-electron chi connectivity index (χ4n) is 4.69. The Morgan fingerprint density at radius 3 is 2.48 bits per heavy atom. The van der Waals surface area contributed by atoms with Crippen LogP contribution in [0.15, 0.2) is 24.3 Å². The van der Waals surface area contributed by atoms with Crippen molar-refractivity contribution < 1.29 is 14.3 Å². The minimum Gasteiger partial charge on any atom is -0.396 e. The molecule has 5 heteroatoms. The average Bonchev–Trinajstić information content (AvgIpc) is 3.07. The molecule has 1 saturated carbocycles. The highest BCUT2D eigenvalue weighted by Crippen LogP contribution is 2.51. The number of carbonyl (C=O) groups is 1. The third kappa shape index (κ3) is 3.08. The second-order valence-corrected chi connectivity index (χ2v) is 7.98. The van der Waals surface area contributed by atoms with Gasteiger partial charge in [-0.05, 0) is 50.8 Å². The summed E-state index contributed by atoms with van der Waals surface area (Å²) >= 11 is 0. The van der Waals surface area contributed by atoms with Crippen molar-refractivity contribution in [3.05, 3.63) is 35.6 Å². The van der Waals surface area contributed by atoms with E-state index in [1.54, 1.807) is 12.1 Å². The molecule has 2 heterocycles. The molecule has 0 unspecified atom stereocenters. The van der Waals surface area contributed by atoms with Crippen LogP contribution in [0.5, 0.6) is 0 Å². The minimum absolute atomic E-state index is 0.0555. The van der Waals surface area contributed by atoms with Gasteiger partial charge in [0.1, 0.15) is 5.82 Å². The number of rotatable bonds is 5. The number of amides is 1. The van der Waals surface area contributed by atoms with Crippen molar-refractivity contribution in [2.24, 2.45) is 11.8 Å². The standard InChI is InChI=1S/C20H27FN2O2/c21-18-6-2-1-5-17(18)20(7-8-20)19(25)23-12-15(16(13-23)14-24)11-22-9-3-4-10-22/h1-2,5-6,15-16,24H,3-4,7-14H2/t15-,16-/m0/s1. The third-order valence-electron chi connectivity index (χ3n) is 6.34. The zero-order valence-corrected chi connectivity index (χ0v) is 14.7. The first-order valence-electron chi connectivity index (χ1n) is 9.51. The molecule has 1 aromatic carbocycles. The van der Waals surface area contributed by atoms with E-state index in [1.807, 2.05) is 11.0 Å². The Bertz CT molecular complexity index is 640. The Balaban J connectivity index is 1.48. The maximum atomic E-state index is 14.2. The minimum atomic E-state index is -0.659. The molecule has 4 nitrogen and oxygen atoms in total. The van der Waals surface area contributed by atoms with Crippen molar-refractivity contribution in [1.82, 2.24) is 9.80 Å². The molecule has 2 atom stereocenters. The smallest absolute Gasteiger partial charge is 0.233 e. The molecule has 1 amide bonds. The summed E-state index contributed by atoms with van der Waals surface area (Å²) in [5.41, 5.74) is -0.114. The largest absolute Gasteiger partial charge is 0.396 e. The van der Waals surface area contributed by atoms with Gasteiger partial charge < -0.3 is 14.9 Å². The first kappa shape index (κ1) is 17.0. The summed E-state index contributed by atoms with van der Waals surface area (Å²) in [6.45, 7) is 4.63. The van der Waals surface area contributed by atoms with Gasteiger partial charge in [0.2, 0.25) is 5.91 Å². The summed E-state index contributed by atoms with van der Waals surface area (Å²) in [5, 5.41) is 9.77. The van der Waals surface area contributed by atoms with Gasteiger partial charge in [-0.2, -0.15) is 0 Å². The van der Waals surface area contributed by atoms with Crippen LogP contribution in [-0.4, -0.2) is 60.1 Å². The Kier molecular flexibility index (Phi) is 4.54. The predicted molar refractivity (Wildman–Crippen MR) is 93.6 cm³/mol. The second kappa shape index (κ2) is 6.69. The van der Waals surface area contributed by atoms with Crippen LogP contribution in [0.2, 0.25) is 0 Å². The lowest BCUT2D eigenvalue weighted by molar-refractivity contribution is -0.133. The van der Waals surface area contributed by atoms with Gasteiger partial charge in [-0.25, -0.2) is 4.39 Å². The van der Waals surface area contributed by atoms with E-state index in [4.69, 9.17) is 0 Å². The van der Waals surface area contributed by atoms with Crippen molar-refractivity contribution in [2.75, 3.05) is 39.3 Å². The number of nitrogens with zero attached hydrogens (tertiary/aromatic N) is 2. The number of carbonyl (C=O) groups excluding carboxylic acids is 1. The number of halogens is 1. The lowest BCUT2D eigenvalue weighted by atomic mass is 9.94. The summed E-state index contributed by atoms with van der Waals surface area (Å²) in [6, 6.07) is 6.67. The molecule has 1 aliphatic carbocycles. The average molecular weight is 346 g/mol. The third-order valence-corrected chi connectivity index (χ3v) is 6.34.